The minimum atomic E-state index is -0.161. The number of methoxy groups -OCH3 is 1. The van der Waals surface area contributed by atoms with Gasteiger partial charge in [0, 0.05) is 41.2 Å². The zero-order valence-electron chi connectivity index (χ0n) is 16.7. The number of hydrogen-bond donors (Lipinski definition) is 0. The highest BCUT2D eigenvalue weighted by Crippen LogP contribution is 2.26. The predicted molar refractivity (Wildman–Crippen MR) is 119 cm³/mol. The van der Waals surface area contributed by atoms with E-state index >= 15 is 0 Å². The first-order valence-corrected chi connectivity index (χ1v) is 9.46. The standard InChI is InChI=1S/C24H18N2O4/c1-25-19-6-4-13(12-27)8-15(19)23(28)17-10-22-18(11-21(17)25)24(29)16-9-14(30-3)5-7-20(16)26(22)2/h4-12H,1-3H3. The number of aldehydes is 1. The van der Waals surface area contributed by atoms with Gasteiger partial charge in [-0.1, -0.05) is 0 Å². The van der Waals surface area contributed by atoms with Gasteiger partial charge in [-0.3, -0.25) is 14.4 Å². The van der Waals surface area contributed by atoms with Crippen molar-refractivity contribution in [1.29, 1.82) is 0 Å². The molecule has 2 aromatic heterocycles. The minimum absolute atomic E-state index is 0.109. The summed E-state index contributed by atoms with van der Waals surface area (Å²) >= 11 is 0. The van der Waals surface area contributed by atoms with Gasteiger partial charge in [0.15, 0.2) is 10.9 Å². The smallest absolute Gasteiger partial charge is 0.197 e. The number of rotatable bonds is 2. The summed E-state index contributed by atoms with van der Waals surface area (Å²) in [6.07, 6.45) is 0.730. The van der Waals surface area contributed by atoms with E-state index in [1.54, 1.807) is 43.5 Å². The number of carbonyl (C=O) groups excluding carboxylic acids is 1. The molecule has 0 fully saturated rings. The van der Waals surface area contributed by atoms with Gasteiger partial charge < -0.3 is 13.9 Å². The molecule has 30 heavy (non-hydrogen) atoms. The molecule has 0 aliphatic rings. The lowest BCUT2D eigenvalue weighted by atomic mass is 10.0. The Balaban J connectivity index is 2.02. The molecule has 0 radical (unpaired) electrons. The molecule has 6 heteroatoms. The van der Waals surface area contributed by atoms with Gasteiger partial charge in [-0.2, -0.15) is 0 Å². The third-order valence-corrected chi connectivity index (χ3v) is 5.90. The summed E-state index contributed by atoms with van der Waals surface area (Å²) in [6, 6.07) is 14.0. The molecule has 148 valence electrons. The minimum Gasteiger partial charge on any atom is -0.497 e. The first kappa shape index (κ1) is 18.1. The summed E-state index contributed by atoms with van der Waals surface area (Å²) in [5, 5.41) is 2.07. The normalized spacial score (nSPS) is 11.6. The van der Waals surface area contributed by atoms with E-state index in [-0.39, 0.29) is 10.9 Å². The maximum atomic E-state index is 13.3. The van der Waals surface area contributed by atoms with Crippen molar-refractivity contribution < 1.29 is 9.53 Å². The van der Waals surface area contributed by atoms with Gasteiger partial charge in [0.1, 0.15) is 12.0 Å². The first-order chi connectivity index (χ1) is 14.4. The average Bonchev–Trinajstić information content (AvgIpc) is 2.79. The summed E-state index contributed by atoms with van der Waals surface area (Å²) in [4.78, 5) is 37.7. The van der Waals surface area contributed by atoms with Crippen LogP contribution in [0.15, 0.2) is 58.1 Å². The topological polar surface area (TPSA) is 70.3 Å². The summed E-state index contributed by atoms with van der Waals surface area (Å²) < 4.78 is 9.08. The Labute approximate surface area is 170 Å². The number of benzene rings is 3. The molecular formula is C24H18N2O4. The van der Waals surface area contributed by atoms with Crippen LogP contribution in [0.3, 0.4) is 0 Å². The highest BCUT2D eigenvalue weighted by molar-refractivity contribution is 6.04. The van der Waals surface area contributed by atoms with E-state index in [1.807, 2.05) is 35.4 Å². The SMILES string of the molecule is COc1ccc2c(c1)c(=O)c1cc3c(cc1n2C)c(=O)c1cc(C=O)ccc1n3C. The molecule has 6 nitrogen and oxygen atoms in total. The monoisotopic (exact) mass is 398 g/mol. The van der Waals surface area contributed by atoms with Gasteiger partial charge in [-0.25, -0.2) is 0 Å². The van der Waals surface area contributed by atoms with E-state index in [1.165, 1.54) is 0 Å². The Hall–Kier alpha value is -3.93. The fraction of sp³-hybridized carbons (Fsp3) is 0.125. The van der Waals surface area contributed by atoms with Crippen molar-refractivity contribution in [1.82, 2.24) is 9.13 Å². The average molecular weight is 398 g/mol. The Bertz CT molecular complexity index is 1660. The van der Waals surface area contributed by atoms with Crippen LogP contribution in [-0.4, -0.2) is 22.5 Å². The van der Waals surface area contributed by atoms with Gasteiger partial charge in [0.05, 0.1) is 29.2 Å². The third-order valence-electron chi connectivity index (χ3n) is 5.90. The van der Waals surface area contributed by atoms with Crippen molar-refractivity contribution in [3.63, 3.8) is 0 Å². The van der Waals surface area contributed by atoms with Crippen molar-refractivity contribution in [3.8, 4) is 5.75 Å². The lowest BCUT2D eigenvalue weighted by molar-refractivity contribution is 0.112. The highest BCUT2D eigenvalue weighted by Gasteiger charge is 2.15. The summed E-state index contributed by atoms with van der Waals surface area (Å²) in [6.45, 7) is 0. The Morgan fingerprint density at radius 1 is 0.700 bits per heavy atom. The first-order valence-electron chi connectivity index (χ1n) is 9.46. The van der Waals surface area contributed by atoms with Crippen LogP contribution in [0, 0.1) is 0 Å². The fourth-order valence-corrected chi connectivity index (χ4v) is 4.26. The van der Waals surface area contributed by atoms with Gasteiger partial charge >= 0.3 is 0 Å². The summed E-state index contributed by atoms with van der Waals surface area (Å²) in [5.41, 5.74) is 2.98. The molecule has 0 unspecified atom stereocenters. The van der Waals surface area contributed by atoms with Crippen LogP contribution in [0.25, 0.3) is 43.6 Å². The fourth-order valence-electron chi connectivity index (χ4n) is 4.26. The van der Waals surface area contributed by atoms with Gasteiger partial charge in [-0.15, -0.1) is 0 Å². The number of aromatic nitrogens is 2. The van der Waals surface area contributed by atoms with E-state index < -0.39 is 0 Å². The number of ether oxygens (including phenoxy) is 1. The van der Waals surface area contributed by atoms with E-state index in [0.29, 0.717) is 49.4 Å². The van der Waals surface area contributed by atoms with Crippen LogP contribution in [-0.2, 0) is 14.1 Å². The molecule has 3 aromatic carbocycles. The van der Waals surface area contributed by atoms with E-state index in [9.17, 15) is 14.4 Å². The maximum Gasteiger partial charge on any atom is 0.197 e. The third kappa shape index (κ3) is 2.33. The number of aryl methyl sites for hydroxylation is 2. The second-order valence-electron chi connectivity index (χ2n) is 7.44. The summed E-state index contributed by atoms with van der Waals surface area (Å²) in [7, 11) is 5.29. The van der Waals surface area contributed by atoms with Crippen molar-refractivity contribution in [2.45, 2.75) is 0 Å². The predicted octanol–water partition coefficient (Wildman–Crippen LogP) is 3.52. The van der Waals surface area contributed by atoms with Gasteiger partial charge in [0.2, 0.25) is 0 Å². The second-order valence-corrected chi connectivity index (χ2v) is 7.44. The largest absolute Gasteiger partial charge is 0.497 e. The van der Waals surface area contributed by atoms with Crippen LogP contribution < -0.4 is 15.6 Å². The molecular weight excluding hydrogens is 380 g/mol. The number of pyridine rings is 2. The van der Waals surface area contributed by atoms with Crippen LogP contribution in [0.1, 0.15) is 10.4 Å². The van der Waals surface area contributed by atoms with Crippen molar-refractivity contribution >= 4 is 49.9 Å². The molecule has 0 atom stereocenters. The number of nitrogens with zero attached hydrogens (tertiary/aromatic N) is 2. The van der Waals surface area contributed by atoms with Crippen molar-refractivity contribution in [2.75, 3.05) is 7.11 Å². The Morgan fingerprint density at radius 2 is 1.20 bits per heavy atom. The van der Waals surface area contributed by atoms with Crippen molar-refractivity contribution in [2.24, 2.45) is 14.1 Å². The molecule has 0 spiro atoms. The molecule has 0 saturated carbocycles. The molecule has 0 aliphatic carbocycles. The van der Waals surface area contributed by atoms with E-state index in [4.69, 9.17) is 4.74 Å². The second kappa shape index (κ2) is 6.29. The highest BCUT2D eigenvalue weighted by atomic mass is 16.5. The molecule has 5 rings (SSSR count). The van der Waals surface area contributed by atoms with E-state index in [2.05, 4.69) is 0 Å². The van der Waals surface area contributed by atoms with Crippen LogP contribution in [0.2, 0.25) is 0 Å². The molecule has 2 heterocycles. The molecule has 0 bridgehead atoms. The van der Waals surface area contributed by atoms with E-state index in [0.717, 1.165) is 11.8 Å². The summed E-state index contributed by atoms with van der Waals surface area (Å²) in [5.74, 6) is 0.615. The number of fused-ring (bicyclic) bond motifs is 4. The molecule has 0 amide bonds. The Morgan fingerprint density at radius 3 is 1.73 bits per heavy atom. The van der Waals surface area contributed by atoms with Gasteiger partial charge in [0.25, 0.3) is 0 Å². The number of hydrogen-bond acceptors (Lipinski definition) is 4. The zero-order valence-corrected chi connectivity index (χ0v) is 16.7. The van der Waals surface area contributed by atoms with Crippen LogP contribution >= 0.6 is 0 Å². The molecule has 0 N–H and O–H groups in total. The Kier molecular flexibility index (Phi) is 3.80. The molecule has 0 aliphatic heterocycles. The van der Waals surface area contributed by atoms with Crippen molar-refractivity contribution in [3.05, 3.63) is 74.5 Å². The van der Waals surface area contributed by atoms with Gasteiger partial charge in [-0.05, 0) is 48.5 Å². The van der Waals surface area contributed by atoms with Crippen LogP contribution in [0.4, 0.5) is 0 Å². The number of carbonyl (C=O) groups is 1. The lowest BCUT2D eigenvalue weighted by Crippen LogP contribution is -2.13. The molecule has 0 saturated heterocycles. The zero-order chi connectivity index (χ0) is 21.2. The molecule has 5 aromatic rings. The van der Waals surface area contributed by atoms with Crippen LogP contribution in [0.5, 0.6) is 5.75 Å². The quantitative estimate of drug-likeness (QED) is 0.337. The lowest BCUT2D eigenvalue weighted by Gasteiger charge is -2.15. The maximum absolute atomic E-state index is 13.3.